The molecule has 2 aromatic carbocycles. The summed E-state index contributed by atoms with van der Waals surface area (Å²) in [6, 6.07) is 15.0. The summed E-state index contributed by atoms with van der Waals surface area (Å²) in [5.74, 6) is 0.703. The molecule has 1 N–H and O–H groups in total. The molecule has 1 aromatic heterocycles. The fraction of sp³-hybridized carbons (Fsp3) is 0.436. The van der Waals surface area contributed by atoms with E-state index in [4.69, 9.17) is 23.9 Å². The van der Waals surface area contributed by atoms with Crippen LogP contribution in [0.2, 0.25) is 0 Å². The molecule has 0 saturated heterocycles. The van der Waals surface area contributed by atoms with Gasteiger partial charge in [-0.05, 0) is 107 Å². The van der Waals surface area contributed by atoms with Gasteiger partial charge < -0.3 is 24.3 Å². The molecule has 0 aliphatic heterocycles. The molecule has 9 nitrogen and oxygen atoms in total. The van der Waals surface area contributed by atoms with E-state index in [1.165, 1.54) is 17.8 Å². The Hall–Kier alpha value is -4.44. The number of rotatable bonds is 16. The van der Waals surface area contributed by atoms with Gasteiger partial charge in [-0.1, -0.05) is 43.5 Å². The van der Waals surface area contributed by atoms with Gasteiger partial charge in [-0.2, -0.15) is 0 Å². The zero-order chi connectivity index (χ0) is 35.2. The van der Waals surface area contributed by atoms with E-state index in [0.29, 0.717) is 37.6 Å². The van der Waals surface area contributed by atoms with Gasteiger partial charge in [0.05, 0.1) is 24.9 Å². The van der Waals surface area contributed by atoms with Crippen molar-refractivity contribution >= 4 is 35.3 Å². The van der Waals surface area contributed by atoms with Crippen LogP contribution in [-0.2, 0) is 36.9 Å². The monoisotopic (exact) mass is 688 g/mol. The number of hydrogen-bond donors (Lipinski definition) is 1. The van der Waals surface area contributed by atoms with E-state index in [1.807, 2.05) is 66.9 Å². The van der Waals surface area contributed by atoms with E-state index >= 15 is 0 Å². The molecule has 0 spiro atoms. The van der Waals surface area contributed by atoms with Gasteiger partial charge in [-0.15, -0.1) is 11.3 Å². The summed E-state index contributed by atoms with van der Waals surface area (Å²) in [5, 5.41) is 6.12. The summed E-state index contributed by atoms with van der Waals surface area (Å²) < 4.78 is 21.8. The second-order valence-electron chi connectivity index (χ2n) is 12.2. The van der Waals surface area contributed by atoms with Crippen molar-refractivity contribution in [2.75, 3.05) is 13.2 Å². The summed E-state index contributed by atoms with van der Waals surface area (Å²) in [5.41, 5.74) is 4.20. The molecule has 3 aromatic rings. The van der Waals surface area contributed by atoms with Crippen LogP contribution in [0.25, 0.3) is 6.08 Å². The number of nitrogens with one attached hydrogen (secondary N) is 1. The number of benzene rings is 2. The largest absolute Gasteiger partial charge is 0.489 e. The van der Waals surface area contributed by atoms with Crippen molar-refractivity contribution in [1.82, 2.24) is 10.3 Å². The summed E-state index contributed by atoms with van der Waals surface area (Å²) >= 11 is 1.52. The molecular weight excluding hydrogens is 641 g/mol. The van der Waals surface area contributed by atoms with Gasteiger partial charge in [0, 0.05) is 16.9 Å². The number of amides is 1. The quantitative estimate of drug-likeness (QED) is 0.0917. The molecule has 1 amide bonds. The Bertz CT molecular complexity index is 1590. The van der Waals surface area contributed by atoms with Crippen LogP contribution in [-0.4, -0.2) is 42.1 Å². The number of thiazole rings is 1. The molecular formula is C39H48N2O7S. The zero-order valence-electron chi connectivity index (χ0n) is 29.2. The minimum atomic E-state index is -0.685. The molecule has 1 aliphatic carbocycles. The molecule has 49 heavy (non-hydrogen) atoms. The minimum Gasteiger partial charge on any atom is -0.489 e. The van der Waals surface area contributed by atoms with E-state index in [2.05, 4.69) is 5.32 Å². The zero-order valence-corrected chi connectivity index (χ0v) is 30.0. The number of allylic oxidation sites excluding steroid dienone is 2. The van der Waals surface area contributed by atoms with E-state index in [0.717, 1.165) is 58.8 Å². The first kappa shape index (κ1) is 37.4. The SMILES string of the molecule is CCOC(=O)/C(C)=C\C(C)=C\c1csc([C@H](Cc2ccc(OCc3ccc(OC(C)C(=O)OCC)cc3)cc2)NC(=O)C2CCCCC2)n1. The molecule has 0 bridgehead atoms. The molecule has 1 fully saturated rings. The Morgan fingerprint density at radius 1 is 0.918 bits per heavy atom. The number of carbonyl (C=O) groups is 3. The van der Waals surface area contributed by atoms with Crippen LogP contribution < -0.4 is 14.8 Å². The molecule has 262 valence electrons. The van der Waals surface area contributed by atoms with Gasteiger partial charge in [0.1, 0.15) is 23.1 Å². The first-order valence-electron chi connectivity index (χ1n) is 17.1. The summed E-state index contributed by atoms with van der Waals surface area (Å²) in [6.07, 6.45) is 8.82. The van der Waals surface area contributed by atoms with Crippen molar-refractivity contribution in [2.24, 2.45) is 5.92 Å². The third-order valence-corrected chi connectivity index (χ3v) is 9.15. The van der Waals surface area contributed by atoms with Crippen LogP contribution in [0.1, 0.15) is 94.6 Å². The Morgan fingerprint density at radius 3 is 2.24 bits per heavy atom. The van der Waals surface area contributed by atoms with Crippen LogP contribution in [0, 0.1) is 5.92 Å². The summed E-state index contributed by atoms with van der Waals surface area (Å²) in [4.78, 5) is 42.1. The number of ether oxygens (including phenoxy) is 4. The van der Waals surface area contributed by atoms with Crippen molar-refractivity contribution in [1.29, 1.82) is 0 Å². The van der Waals surface area contributed by atoms with Crippen LogP contribution >= 0.6 is 11.3 Å². The first-order valence-corrected chi connectivity index (χ1v) is 18.0. The number of carbonyl (C=O) groups excluding carboxylic acids is 3. The van der Waals surface area contributed by atoms with Crippen molar-refractivity contribution in [3.05, 3.63) is 93.0 Å². The third kappa shape index (κ3) is 11.9. The number of aromatic nitrogens is 1. The van der Waals surface area contributed by atoms with E-state index in [1.54, 1.807) is 33.8 Å². The fourth-order valence-corrected chi connectivity index (χ4v) is 6.43. The van der Waals surface area contributed by atoms with Gasteiger partial charge in [-0.25, -0.2) is 14.6 Å². The lowest BCUT2D eigenvalue weighted by molar-refractivity contribution is -0.150. The molecule has 10 heteroatoms. The predicted molar refractivity (Wildman–Crippen MR) is 191 cm³/mol. The maximum atomic E-state index is 13.4. The smallest absolute Gasteiger partial charge is 0.347 e. The molecule has 1 unspecified atom stereocenters. The average Bonchev–Trinajstić information content (AvgIpc) is 3.57. The second kappa shape index (κ2) is 18.9. The number of esters is 2. The van der Waals surface area contributed by atoms with Gasteiger partial charge in [-0.3, -0.25) is 4.79 Å². The van der Waals surface area contributed by atoms with Crippen molar-refractivity contribution < 1.29 is 33.3 Å². The van der Waals surface area contributed by atoms with Crippen molar-refractivity contribution in [2.45, 2.75) is 91.9 Å². The lowest BCUT2D eigenvalue weighted by atomic mass is 9.88. The topological polar surface area (TPSA) is 113 Å². The lowest BCUT2D eigenvalue weighted by Gasteiger charge is -2.24. The summed E-state index contributed by atoms with van der Waals surface area (Å²) in [6.45, 7) is 9.88. The molecule has 1 aliphatic rings. The van der Waals surface area contributed by atoms with Gasteiger partial charge in [0.2, 0.25) is 5.91 Å². The molecule has 4 rings (SSSR count). The van der Waals surface area contributed by atoms with Crippen LogP contribution in [0.3, 0.4) is 0 Å². The Morgan fingerprint density at radius 2 is 1.57 bits per heavy atom. The average molecular weight is 689 g/mol. The maximum Gasteiger partial charge on any atom is 0.347 e. The number of nitrogens with zero attached hydrogens (tertiary/aromatic N) is 1. The molecule has 0 radical (unpaired) electrons. The van der Waals surface area contributed by atoms with E-state index in [-0.39, 0.29) is 23.8 Å². The van der Waals surface area contributed by atoms with Crippen molar-refractivity contribution in [3.63, 3.8) is 0 Å². The normalized spacial score (nSPS) is 15.2. The highest BCUT2D eigenvalue weighted by Gasteiger charge is 2.26. The standard InChI is InChI=1S/C39H48N2O7S/c1-6-45-38(43)27(4)21-26(3)22-32-25-49-37(40-32)35(41-36(42)31-11-9-8-10-12-31)23-29-13-17-33(18-14-29)47-24-30-15-19-34(20-16-30)48-28(5)39(44)46-7-2/h13-22,25,28,31,35H,6-12,23-24H2,1-5H3,(H,41,42)/b26-22+,27-21-/t28?,35-/m0/s1. The Labute approximate surface area is 293 Å². The molecule has 1 saturated carbocycles. The van der Waals surface area contributed by atoms with Gasteiger partial charge >= 0.3 is 11.9 Å². The van der Waals surface area contributed by atoms with Crippen LogP contribution in [0.5, 0.6) is 11.5 Å². The van der Waals surface area contributed by atoms with Gasteiger partial charge in [0.15, 0.2) is 6.10 Å². The molecule has 1 heterocycles. The Balaban J connectivity index is 1.40. The highest BCUT2D eigenvalue weighted by molar-refractivity contribution is 7.09. The van der Waals surface area contributed by atoms with Crippen molar-refractivity contribution in [3.8, 4) is 11.5 Å². The number of hydrogen-bond acceptors (Lipinski definition) is 9. The maximum absolute atomic E-state index is 13.4. The molecule has 2 atom stereocenters. The van der Waals surface area contributed by atoms with E-state index < -0.39 is 12.1 Å². The van der Waals surface area contributed by atoms with Crippen LogP contribution in [0.4, 0.5) is 0 Å². The fourth-order valence-electron chi connectivity index (χ4n) is 5.60. The highest BCUT2D eigenvalue weighted by Crippen LogP contribution is 2.28. The predicted octanol–water partition coefficient (Wildman–Crippen LogP) is 7.95. The van der Waals surface area contributed by atoms with Crippen LogP contribution in [0.15, 0.2) is 71.1 Å². The summed E-state index contributed by atoms with van der Waals surface area (Å²) in [7, 11) is 0. The highest BCUT2D eigenvalue weighted by atomic mass is 32.1. The first-order chi connectivity index (χ1) is 23.6. The third-order valence-electron chi connectivity index (χ3n) is 8.17. The van der Waals surface area contributed by atoms with E-state index in [9.17, 15) is 14.4 Å². The lowest BCUT2D eigenvalue weighted by Crippen LogP contribution is -2.35. The minimum absolute atomic E-state index is 0.0335. The van der Waals surface area contributed by atoms with Gasteiger partial charge in [0.25, 0.3) is 0 Å². The Kier molecular flexibility index (Phi) is 14.4. The second-order valence-corrected chi connectivity index (χ2v) is 13.1.